The summed E-state index contributed by atoms with van der Waals surface area (Å²) in [6.07, 6.45) is 1.36. The van der Waals surface area contributed by atoms with Gasteiger partial charge in [-0.15, -0.1) is 0 Å². The van der Waals surface area contributed by atoms with E-state index in [4.69, 9.17) is 11.6 Å². The number of sulfonamides is 1. The van der Waals surface area contributed by atoms with Crippen molar-refractivity contribution in [3.8, 4) is 0 Å². The van der Waals surface area contributed by atoms with Crippen LogP contribution in [0.25, 0.3) is 0 Å². The number of hydrogen-bond donors (Lipinski definition) is 1. The van der Waals surface area contributed by atoms with Gasteiger partial charge in [-0.3, -0.25) is 9.52 Å². The number of halogens is 1. The zero-order valence-electron chi connectivity index (χ0n) is 13.1. The summed E-state index contributed by atoms with van der Waals surface area (Å²) in [5.41, 5.74) is 1.99. The van der Waals surface area contributed by atoms with Crippen molar-refractivity contribution in [2.24, 2.45) is 0 Å². The van der Waals surface area contributed by atoms with E-state index >= 15 is 0 Å². The van der Waals surface area contributed by atoms with Crippen molar-refractivity contribution < 1.29 is 13.2 Å². The van der Waals surface area contributed by atoms with Crippen LogP contribution in [0.3, 0.4) is 0 Å². The molecule has 24 heavy (non-hydrogen) atoms. The number of aryl methyl sites for hydroxylation is 1. The summed E-state index contributed by atoms with van der Waals surface area (Å²) in [6, 6.07) is 11.4. The quantitative estimate of drug-likeness (QED) is 0.901. The standard InChI is InChI=1S/C17H17ClN2O3S/c1-12-4-9-16(15(18)11-12)19-24(22,23)14-7-5-13(6-8-14)20-10-2-3-17(20)21/h4-9,11,19H,2-3,10H2,1H3. The minimum atomic E-state index is -3.74. The molecule has 0 atom stereocenters. The van der Waals surface area contributed by atoms with Gasteiger partial charge in [0.25, 0.3) is 10.0 Å². The number of amides is 1. The summed E-state index contributed by atoms with van der Waals surface area (Å²) < 4.78 is 27.5. The van der Waals surface area contributed by atoms with E-state index in [2.05, 4.69) is 4.72 Å². The number of rotatable bonds is 4. The van der Waals surface area contributed by atoms with E-state index in [-0.39, 0.29) is 10.8 Å². The van der Waals surface area contributed by atoms with E-state index in [1.54, 1.807) is 35.2 Å². The van der Waals surface area contributed by atoms with Gasteiger partial charge in [-0.1, -0.05) is 17.7 Å². The van der Waals surface area contributed by atoms with Crippen LogP contribution in [0.5, 0.6) is 0 Å². The first-order valence-corrected chi connectivity index (χ1v) is 9.42. The van der Waals surface area contributed by atoms with Gasteiger partial charge < -0.3 is 4.90 Å². The number of carbonyl (C=O) groups excluding carboxylic acids is 1. The summed E-state index contributed by atoms with van der Waals surface area (Å²) in [4.78, 5) is 13.5. The van der Waals surface area contributed by atoms with Gasteiger partial charge in [-0.2, -0.15) is 0 Å². The van der Waals surface area contributed by atoms with Gasteiger partial charge in [0, 0.05) is 18.7 Å². The van der Waals surface area contributed by atoms with Crippen molar-refractivity contribution in [3.63, 3.8) is 0 Å². The van der Waals surface area contributed by atoms with E-state index in [0.29, 0.717) is 29.4 Å². The molecule has 126 valence electrons. The summed E-state index contributed by atoms with van der Waals surface area (Å²) >= 11 is 6.08. The van der Waals surface area contributed by atoms with Gasteiger partial charge in [0.2, 0.25) is 5.91 Å². The first-order chi connectivity index (χ1) is 11.4. The molecule has 1 saturated heterocycles. The predicted octanol–water partition coefficient (Wildman–Crippen LogP) is 3.58. The van der Waals surface area contributed by atoms with E-state index in [1.807, 2.05) is 6.92 Å². The van der Waals surface area contributed by atoms with Crippen LogP contribution in [0, 0.1) is 6.92 Å². The molecule has 1 aliphatic heterocycles. The molecule has 3 rings (SSSR count). The highest BCUT2D eigenvalue weighted by Crippen LogP contribution is 2.27. The van der Waals surface area contributed by atoms with Crippen molar-refractivity contribution in [2.45, 2.75) is 24.7 Å². The van der Waals surface area contributed by atoms with E-state index < -0.39 is 10.0 Å². The van der Waals surface area contributed by atoms with Crippen LogP contribution in [-0.2, 0) is 14.8 Å². The predicted molar refractivity (Wildman–Crippen MR) is 95.0 cm³/mol. The lowest BCUT2D eigenvalue weighted by Crippen LogP contribution is -2.23. The van der Waals surface area contributed by atoms with Gasteiger partial charge >= 0.3 is 0 Å². The van der Waals surface area contributed by atoms with Crippen molar-refractivity contribution >= 4 is 38.9 Å². The zero-order chi connectivity index (χ0) is 17.3. The van der Waals surface area contributed by atoms with Crippen LogP contribution in [0.2, 0.25) is 5.02 Å². The maximum atomic E-state index is 12.5. The minimum absolute atomic E-state index is 0.0650. The average Bonchev–Trinajstić information content (AvgIpc) is 2.96. The second-order valence-corrected chi connectivity index (χ2v) is 7.82. The van der Waals surface area contributed by atoms with Gasteiger partial charge in [-0.05, 0) is 55.3 Å². The molecule has 2 aromatic rings. The maximum Gasteiger partial charge on any atom is 0.261 e. The van der Waals surface area contributed by atoms with Crippen LogP contribution in [0.4, 0.5) is 11.4 Å². The third kappa shape index (κ3) is 3.39. The van der Waals surface area contributed by atoms with Crippen molar-refractivity contribution in [1.29, 1.82) is 0 Å². The second kappa shape index (κ2) is 6.45. The van der Waals surface area contributed by atoms with Crippen LogP contribution >= 0.6 is 11.6 Å². The molecule has 0 radical (unpaired) electrons. The molecule has 2 aromatic carbocycles. The monoisotopic (exact) mass is 364 g/mol. The van der Waals surface area contributed by atoms with Crippen molar-refractivity contribution in [1.82, 2.24) is 0 Å². The Morgan fingerprint density at radius 2 is 1.83 bits per heavy atom. The fraction of sp³-hybridized carbons (Fsp3) is 0.235. The first-order valence-electron chi connectivity index (χ1n) is 7.56. The molecule has 0 aromatic heterocycles. The van der Waals surface area contributed by atoms with E-state index in [0.717, 1.165) is 12.0 Å². The van der Waals surface area contributed by atoms with Crippen LogP contribution in [0.15, 0.2) is 47.4 Å². The number of nitrogens with zero attached hydrogens (tertiary/aromatic N) is 1. The topological polar surface area (TPSA) is 66.5 Å². The van der Waals surface area contributed by atoms with Gasteiger partial charge in [0.05, 0.1) is 15.6 Å². The molecular weight excluding hydrogens is 348 g/mol. The molecule has 0 spiro atoms. The third-order valence-corrected chi connectivity index (χ3v) is 5.60. The summed E-state index contributed by atoms with van der Waals surface area (Å²) in [7, 11) is -3.74. The van der Waals surface area contributed by atoms with Crippen LogP contribution in [-0.4, -0.2) is 20.9 Å². The lowest BCUT2D eigenvalue weighted by Gasteiger charge is -2.16. The Hall–Kier alpha value is -2.05. The number of anilines is 2. The highest BCUT2D eigenvalue weighted by atomic mass is 35.5. The van der Waals surface area contributed by atoms with Crippen molar-refractivity contribution in [3.05, 3.63) is 53.1 Å². The molecule has 1 heterocycles. The SMILES string of the molecule is Cc1ccc(NS(=O)(=O)c2ccc(N3CCCC3=O)cc2)c(Cl)c1. The highest BCUT2D eigenvalue weighted by molar-refractivity contribution is 7.92. The third-order valence-electron chi connectivity index (χ3n) is 3.90. The Balaban J connectivity index is 1.83. The Labute approximate surface area is 146 Å². The lowest BCUT2D eigenvalue weighted by molar-refractivity contribution is -0.117. The molecule has 1 amide bonds. The Morgan fingerprint density at radius 1 is 1.12 bits per heavy atom. The molecule has 0 bridgehead atoms. The number of hydrogen-bond acceptors (Lipinski definition) is 3. The van der Waals surface area contributed by atoms with Crippen LogP contribution < -0.4 is 9.62 Å². The molecule has 0 aliphatic carbocycles. The van der Waals surface area contributed by atoms with Crippen LogP contribution in [0.1, 0.15) is 18.4 Å². The molecule has 0 saturated carbocycles. The zero-order valence-corrected chi connectivity index (χ0v) is 14.7. The van der Waals surface area contributed by atoms with E-state index in [1.165, 1.54) is 12.1 Å². The fourth-order valence-electron chi connectivity index (χ4n) is 2.63. The number of carbonyl (C=O) groups is 1. The second-order valence-electron chi connectivity index (χ2n) is 5.73. The molecule has 1 aliphatic rings. The molecule has 7 heteroatoms. The summed E-state index contributed by atoms with van der Waals surface area (Å²) in [5, 5.41) is 0.345. The maximum absolute atomic E-state index is 12.5. The Bertz CT molecular complexity index is 879. The molecule has 1 fully saturated rings. The summed E-state index contributed by atoms with van der Waals surface area (Å²) in [5.74, 6) is 0.0650. The molecule has 0 unspecified atom stereocenters. The number of benzene rings is 2. The number of nitrogens with one attached hydrogen (secondary N) is 1. The van der Waals surface area contributed by atoms with Gasteiger partial charge in [0.15, 0.2) is 0 Å². The first kappa shape index (κ1) is 16.8. The molecular formula is C17H17ClN2O3S. The van der Waals surface area contributed by atoms with Crippen molar-refractivity contribution in [2.75, 3.05) is 16.2 Å². The van der Waals surface area contributed by atoms with Gasteiger partial charge in [-0.25, -0.2) is 8.42 Å². The largest absolute Gasteiger partial charge is 0.312 e. The average molecular weight is 365 g/mol. The Kier molecular flexibility index (Phi) is 4.51. The minimum Gasteiger partial charge on any atom is -0.312 e. The highest BCUT2D eigenvalue weighted by Gasteiger charge is 2.22. The normalized spacial score (nSPS) is 14.9. The molecule has 1 N–H and O–H groups in total. The molecule has 5 nitrogen and oxygen atoms in total. The smallest absolute Gasteiger partial charge is 0.261 e. The van der Waals surface area contributed by atoms with E-state index in [9.17, 15) is 13.2 Å². The summed E-state index contributed by atoms with van der Waals surface area (Å²) in [6.45, 7) is 2.55. The fourth-order valence-corrected chi connectivity index (χ4v) is 4.05. The lowest BCUT2D eigenvalue weighted by atomic mass is 10.2. The Morgan fingerprint density at radius 3 is 2.42 bits per heavy atom. The van der Waals surface area contributed by atoms with Gasteiger partial charge in [0.1, 0.15) is 0 Å².